The highest BCUT2D eigenvalue weighted by atomic mass is 16.2. The predicted octanol–water partition coefficient (Wildman–Crippen LogP) is 2.74. The number of benzene rings is 1. The summed E-state index contributed by atoms with van der Waals surface area (Å²) in [5, 5.41) is 5.61. The zero-order valence-electron chi connectivity index (χ0n) is 13.2. The van der Waals surface area contributed by atoms with Crippen LogP contribution in [0.4, 0.5) is 11.4 Å². The van der Waals surface area contributed by atoms with Crippen molar-refractivity contribution < 1.29 is 9.59 Å². The molecule has 0 saturated carbocycles. The largest absolute Gasteiger partial charge is 0.326 e. The molecule has 0 spiro atoms. The van der Waals surface area contributed by atoms with Gasteiger partial charge in [0.1, 0.15) is 0 Å². The van der Waals surface area contributed by atoms with Gasteiger partial charge in [0.2, 0.25) is 11.8 Å². The summed E-state index contributed by atoms with van der Waals surface area (Å²) in [4.78, 5) is 23.3. The molecule has 1 aromatic rings. The van der Waals surface area contributed by atoms with Crippen molar-refractivity contribution in [1.82, 2.24) is 0 Å². The lowest BCUT2D eigenvalue weighted by molar-refractivity contribution is -0.119. The van der Waals surface area contributed by atoms with Gasteiger partial charge in [-0.2, -0.15) is 0 Å². The first kappa shape index (κ1) is 17.2. The molecular weight excluding hydrogens is 266 g/mol. The molecule has 0 radical (unpaired) electrons. The minimum atomic E-state index is -0.345. The van der Waals surface area contributed by atoms with E-state index >= 15 is 0 Å². The minimum Gasteiger partial charge on any atom is -0.326 e. The zero-order valence-corrected chi connectivity index (χ0v) is 13.2. The Hall–Kier alpha value is -1.88. The summed E-state index contributed by atoms with van der Waals surface area (Å²) in [6, 6.07) is 7.06. The molecule has 2 amide bonds. The molecule has 0 atom stereocenters. The van der Waals surface area contributed by atoms with Crippen LogP contribution in [0, 0.1) is 5.92 Å². The molecule has 0 aromatic heterocycles. The van der Waals surface area contributed by atoms with Gasteiger partial charge in [-0.1, -0.05) is 13.8 Å². The number of amides is 2. The number of nitrogens with one attached hydrogen (secondary N) is 2. The van der Waals surface area contributed by atoms with Crippen molar-refractivity contribution in [2.75, 3.05) is 10.6 Å². The summed E-state index contributed by atoms with van der Waals surface area (Å²) in [5.74, 6) is -0.159. The Bertz CT molecular complexity index is 487. The maximum atomic E-state index is 11.8. The Morgan fingerprint density at radius 2 is 1.57 bits per heavy atom. The van der Waals surface area contributed by atoms with Crippen LogP contribution in [0.2, 0.25) is 0 Å². The van der Waals surface area contributed by atoms with E-state index in [0.29, 0.717) is 18.5 Å². The van der Waals surface area contributed by atoms with Gasteiger partial charge in [-0.05, 0) is 44.5 Å². The molecule has 5 nitrogen and oxygen atoms in total. The van der Waals surface area contributed by atoms with Gasteiger partial charge >= 0.3 is 0 Å². The minimum absolute atomic E-state index is 0.0306. The van der Waals surface area contributed by atoms with Gasteiger partial charge in [-0.15, -0.1) is 0 Å². The lowest BCUT2D eigenvalue weighted by Crippen LogP contribution is -2.33. The maximum Gasteiger partial charge on any atom is 0.226 e. The molecule has 21 heavy (non-hydrogen) atoms. The Morgan fingerprint density at radius 1 is 1.10 bits per heavy atom. The lowest BCUT2D eigenvalue weighted by Gasteiger charge is -2.17. The third kappa shape index (κ3) is 6.90. The fraction of sp³-hybridized carbons (Fsp3) is 0.500. The van der Waals surface area contributed by atoms with Crippen molar-refractivity contribution in [2.24, 2.45) is 11.7 Å². The molecule has 1 rings (SSSR count). The summed E-state index contributed by atoms with van der Waals surface area (Å²) < 4.78 is 0. The van der Waals surface area contributed by atoms with Crippen LogP contribution in [0.1, 0.15) is 40.5 Å². The molecule has 0 fully saturated rings. The molecule has 1 aromatic carbocycles. The maximum absolute atomic E-state index is 11.8. The van der Waals surface area contributed by atoms with Crippen molar-refractivity contribution in [3.05, 3.63) is 24.3 Å². The molecule has 0 aliphatic heterocycles. The van der Waals surface area contributed by atoms with Crippen LogP contribution in [0.5, 0.6) is 0 Å². The lowest BCUT2D eigenvalue weighted by atomic mass is 10.00. The molecule has 116 valence electrons. The Labute approximate surface area is 126 Å². The topological polar surface area (TPSA) is 84.2 Å². The van der Waals surface area contributed by atoms with Crippen LogP contribution < -0.4 is 16.4 Å². The SMILES string of the molecule is CC(C)C(=O)Nc1ccc(NC(=O)CCC(C)(C)N)cc1. The van der Waals surface area contributed by atoms with Gasteiger partial charge in [-0.25, -0.2) is 0 Å². The van der Waals surface area contributed by atoms with E-state index in [1.807, 2.05) is 27.7 Å². The Balaban J connectivity index is 2.51. The normalized spacial score (nSPS) is 11.3. The zero-order chi connectivity index (χ0) is 16.0. The van der Waals surface area contributed by atoms with E-state index in [0.717, 1.165) is 5.69 Å². The van der Waals surface area contributed by atoms with E-state index in [1.54, 1.807) is 24.3 Å². The average Bonchev–Trinajstić information content (AvgIpc) is 2.38. The van der Waals surface area contributed by atoms with Crippen LogP contribution in [-0.4, -0.2) is 17.4 Å². The van der Waals surface area contributed by atoms with E-state index in [9.17, 15) is 9.59 Å². The van der Waals surface area contributed by atoms with Crippen molar-refractivity contribution in [3.63, 3.8) is 0 Å². The molecule has 0 aliphatic carbocycles. The van der Waals surface area contributed by atoms with Crippen LogP contribution in [-0.2, 0) is 9.59 Å². The Morgan fingerprint density at radius 3 is 2.00 bits per heavy atom. The second kappa shape index (κ2) is 7.22. The first-order chi connectivity index (χ1) is 9.67. The summed E-state index contributed by atoms with van der Waals surface area (Å²) in [6.07, 6.45) is 1.01. The highest BCUT2D eigenvalue weighted by Crippen LogP contribution is 2.15. The van der Waals surface area contributed by atoms with Crippen LogP contribution in [0.3, 0.4) is 0 Å². The summed E-state index contributed by atoms with van der Waals surface area (Å²) in [7, 11) is 0. The second-order valence-electron chi connectivity index (χ2n) is 6.26. The fourth-order valence-corrected chi connectivity index (χ4v) is 1.58. The van der Waals surface area contributed by atoms with Crippen LogP contribution in [0.25, 0.3) is 0 Å². The van der Waals surface area contributed by atoms with E-state index < -0.39 is 0 Å². The van der Waals surface area contributed by atoms with E-state index in [-0.39, 0.29) is 23.3 Å². The van der Waals surface area contributed by atoms with E-state index in [4.69, 9.17) is 5.73 Å². The number of anilines is 2. The number of hydrogen-bond acceptors (Lipinski definition) is 3. The average molecular weight is 291 g/mol. The van der Waals surface area contributed by atoms with Gasteiger partial charge in [0.25, 0.3) is 0 Å². The van der Waals surface area contributed by atoms with Gasteiger partial charge in [0.05, 0.1) is 0 Å². The highest BCUT2D eigenvalue weighted by Gasteiger charge is 2.13. The number of rotatable bonds is 6. The van der Waals surface area contributed by atoms with Crippen molar-refractivity contribution in [3.8, 4) is 0 Å². The summed E-state index contributed by atoms with van der Waals surface area (Å²) >= 11 is 0. The summed E-state index contributed by atoms with van der Waals surface area (Å²) in [5.41, 5.74) is 6.93. The molecule has 0 saturated heterocycles. The Kier molecular flexibility index (Phi) is 5.90. The quantitative estimate of drug-likeness (QED) is 0.753. The number of nitrogens with two attached hydrogens (primary N) is 1. The molecule has 5 heteroatoms. The number of carbonyl (C=O) groups excluding carboxylic acids is 2. The first-order valence-electron chi connectivity index (χ1n) is 7.17. The van der Waals surface area contributed by atoms with Crippen molar-refractivity contribution >= 4 is 23.2 Å². The standard InChI is InChI=1S/C16H25N3O2/c1-11(2)15(21)19-13-7-5-12(6-8-13)18-14(20)9-10-16(3,4)17/h5-8,11H,9-10,17H2,1-4H3,(H,18,20)(H,19,21). The number of carbonyl (C=O) groups is 2. The van der Waals surface area contributed by atoms with E-state index in [2.05, 4.69) is 10.6 Å². The second-order valence-corrected chi connectivity index (χ2v) is 6.26. The third-order valence-corrected chi connectivity index (χ3v) is 2.96. The van der Waals surface area contributed by atoms with Gasteiger partial charge < -0.3 is 16.4 Å². The van der Waals surface area contributed by atoms with Crippen LogP contribution >= 0.6 is 0 Å². The molecule has 0 unspecified atom stereocenters. The summed E-state index contributed by atoms with van der Waals surface area (Å²) in [6.45, 7) is 7.46. The van der Waals surface area contributed by atoms with Gasteiger partial charge in [0.15, 0.2) is 0 Å². The van der Waals surface area contributed by atoms with E-state index in [1.165, 1.54) is 0 Å². The molecule has 0 heterocycles. The molecule has 0 aliphatic rings. The van der Waals surface area contributed by atoms with Crippen molar-refractivity contribution in [2.45, 2.75) is 46.1 Å². The van der Waals surface area contributed by atoms with Crippen molar-refractivity contribution in [1.29, 1.82) is 0 Å². The third-order valence-electron chi connectivity index (χ3n) is 2.96. The molecule has 0 bridgehead atoms. The monoisotopic (exact) mass is 291 g/mol. The molecular formula is C16H25N3O2. The fourth-order valence-electron chi connectivity index (χ4n) is 1.58. The van der Waals surface area contributed by atoms with Gasteiger partial charge in [0, 0.05) is 29.3 Å². The predicted molar refractivity (Wildman–Crippen MR) is 86.0 cm³/mol. The smallest absolute Gasteiger partial charge is 0.226 e. The first-order valence-corrected chi connectivity index (χ1v) is 7.17. The van der Waals surface area contributed by atoms with Crippen LogP contribution in [0.15, 0.2) is 24.3 Å². The van der Waals surface area contributed by atoms with Gasteiger partial charge in [-0.3, -0.25) is 9.59 Å². The highest BCUT2D eigenvalue weighted by molar-refractivity contribution is 5.93. The number of hydrogen-bond donors (Lipinski definition) is 3. The molecule has 4 N–H and O–H groups in total.